The van der Waals surface area contributed by atoms with Crippen LogP contribution in [-0.4, -0.2) is 82.7 Å². The number of methoxy groups -OCH3 is 3. The van der Waals surface area contributed by atoms with Crippen LogP contribution < -0.4 is 33.2 Å². The minimum atomic E-state index is -0.562. The highest BCUT2D eigenvalue weighted by Gasteiger charge is 2.61. The molecule has 11 nitrogen and oxygen atoms in total. The Hall–Kier alpha value is -4.02. The summed E-state index contributed by atoms with van der Waals surface area (Å²) in [6.45, 7) is 2.93. The van der Waals surface area contributed by atoms with Gasteiger partial charge in [-0.2, -0.15) is 0 Å². The average Bonchev–Trinajstić information content (AvgIpc) is 3.82. The molecule has 0 N–H and O–H groups in total. The monoisotopic (exact) mass is 580 g/mol. The number of likely N-dealkylation sites (tertiary alicyclic amines) is 2. The number of rotatable bonds is 7. The summed E-state index contributed by atoms with van der Waals surface area (Å²) >= 11 is 0. The highest BCUT2D eigenvalue weighted by atomic mass is 16.7. The summed E-state index contributed by atoms with van der Waals surface area (Å²) in [6, 6.07) is 5.54. The predicted octanol–water partition coefficient (Wildman–Crippen LogP) is 3.53. The molecule has 0 aromatic heterocycles. The number of benzene rings is 2. The van der Waals surface area contributed by atoms with Gasteiger partial charge < -0.3 is 43.0 Å². The Morgan fingerprint density at radius 2 is 1.14 bits per heavy atom. The largest absolute Gasteiger partial charge is 0.496 e. The molecule has 2 saturated heterocycles. The normalized spacial score (nSPS) is 25.4. The van der Waals surface area contributed by atoms with E-state index < -0.39 is 23.7 Å². The Morgan fingerprint density at radius 3 is 1.71 bits per heavy atom. The van der Waals surface area contributed by atoms with E-state index in [1.807, 2.05) is 21.9 Å². The Bertz CT molecular complexity index is 1360. The summed E-state index contributed by atoms with van der Waals surface area (Å²) in [6.07, 6.45) is 3.83. The zero-order valence-corrected chi connectivity index (χ0v) is 24.2. The first-order valence-electron chi connectivity index (χ1n) is 14.6. The first-order valence-corrected chi connectivity index (χ1v) is 14.6. The molecule has 0 radical (unpaired) electrons. The summed E-state index contributed by atoms with van der Waals surface area (Å²) in [5.74, 6) is 1.49. The van der Waals surface area contributed by atoms with Crippen LogP contribution in [0.1, 0.15) is 48.6 Å². The maximum Gasteiger partial charge on any atom is 0.231 e. The summed E-state index contributed by atoms with van der Waals surface area (Å²) in [4.78, 5) is 32.8. The number of carbonyl (C=O) groups is 2. The van der Waals surface area contributed by atoms with Crippen LogP contribution in [0.5, 0.6) is 40.2 Å². The van der Waals surface area contributed by atoms with E-state index in [4.69, 9.17) is 33.2 Å². The third-order valence-electron chi connectivity index (χ3n) is 9.41. The molecule has 7 rings (SSSR count). The second-order valence-electron chi connectivity index (χ2n) is 11.4. The van der Waals surface area contributed by atoms with Crippen molar-refractivity contribution in [1.82, 2.24) is 9.80 Å². The van der Waals surface area contributed by atoms with Crippen LogP contribution in [0.4, 0.5) is 0 Å². The van der Waals surface area contributed by atoms with Gasteiger partial charge in [-0.25, -0.2) is 0 Å². The average molecular weight is 581 g/mol. The van der Waals surface area contributed by atoms with Gasteiger partial charge in [0.15, 0.2) is 23.0 Å². The molecule has 224 valence electrons. The highest BCUT2D eigenvalue weighted by Crippen LogP contribution is 2.64. The lowest BCUT2D eigenvalue weighted by Gasteiger charge is -2.52. The van der Waals surface area contributed by atoms with Crippen LogP contribution in [0.15, 0.2) is 18.2 Å². The van der Waals surface area contributed by atoms with Crippen molar-refractivity contribution in [3.8, 4) is 40.2 Å². The van der Waals surface area contributed by atoms with Gasteiger partial charge in [0.05, 0.1) is 33.2 Å². The van der Waals surface area contributed by atoms with Crippen molar-refractivity contribution in [3.63, 3.8) is 0 Å². The van der Waals surface area contributed by atoms with Gasteiger partial charge in [-0.15, -0.1) is 0 Å². The molecule has 4 aliphatic heterocycles. The van der Waals surface area contributed by atoms with Gasteiger partial charge >= 0.3 is 0 Å². The van der Waals surface area contributed by atoms with Gasteiger partial charge in [-0.1, -0.05) is 0 Å². The van der Waals surface area contributed by atoms with Gasteiger partial charge in [-0.05, 0) is 37.8 Å². The van der Waals surface area contributed by atoms with Crippen molar-refractivity contribution in [2.24, 2.45) is 11.8 Å². The van der Waals surface area contributed by atoms with E-state index in [-0.39, 0.29) is 25.4 Å². The molecule has 2 amide bonds. The third-order valence-corrected chi connectivity index (χ3v) is 9.41. The number of hydrogen-bond acceptors (Lipinski definition) is 9. The summed E-state index contributed by atoms with van der Waals surface area (Å²) in [5, 5.41) is 0. The maximum absolute atomic E-state index is 14.5. The number of hydrogen-bond donors (Lipinski definition) is 0. The molecule has 0 bridgehead atoms. The molecular formula is C31H36N2O9. The zero-order chi connectivity index (χ0) is 29.0. The first kappa shape index (κ1) is 26.9. The Morgan fingerprint density at radius 1 is 0.643 bits per heavy atom. The topological polar surface area (TPSA) is 105 Å². The van der Waals surface area contributed by atoms with E-state index in [2.05, 4.69) is 0 Å². The van der Waals surface area contributed by atoms with Crippen LogP contribution in [0.25, 0.3) is 0 Å². The second kappa shape index (κ2) is 10.7. The SMILES string of the molecule is COc1cc2c(cc1C1[C@@H](C(=O)N3CCCC3)C(c3cc4c(c(OC)c3OC)OCO4)[C@H]1C(=O)N1CCCC1)OCO2. The molecule has 1 aliphatic carbocycles. The quantitative estimate of drug-likeness (QED) is 0.486. The molecule has 5 aliphatic rings. The second-order valence-corrected chi connectivity index (χ2v) is 11.4. The van der Waals surface area contributed by atoms with E-state index in [0.29, 0.717) is 72.0 Å². The van der Waals surface area contributed by atoms with Crippen molar-refractivity contribution >= 4 is 11.8 Å². The van der Waals surface area contributed by atoms with Crippen LogP contribution in [0.2, 0.25) is 0 Å². The Labute approximate surface area is 244 Å². The lowest BCUT2D eigenvalue weighted by atomic mass is 9.51. The highest BCUT2D eigenvalue weighted by molar-refractivity contribution is 5.91. The molecule has 3 fully saturated rings. The third kappa shape index (κ3) is 4.07. The van der Waals surface area contributed by atoms with E-state index in [1.54, 1.807) is 27.4 Å². The van der Waals surface area contributed by atoms with Crippen molar-refractivity contribution in [1.29, 1.82) is 0 Å². The van der Waals surface area contributed by atoms with E-state index >= 15 is 0 Å². The smallest absolute Gasteiger partial charge is 0.231 e. The summed E-state index contributed by atoms with van der Waals surface area (Å²) < 4.78 is 40.4. The number of carbonyl (C=O) groups excluding carboxylic acids is 2. The lowest BCUT2D eigenvalue weighted by Crippen LogP contribution is -2.57. The maximum atomic E-state index is 14.5. The molecule has 0 spiro atoms. The number of fused-ring (bicyclic) bond motifs is 2. The van der Waals surface area contributed by atoms with Gasteiger partial charge in [0, 0.05) is 55.2 Å². The molecule has 42 heavy (non-hydrogen) atoms. The fourth-order valence-electron chi connectivity index (χ4n) is 7.47. The van der Waals surface area contributed by atoms with E-state index in [0.717, 1.165) is 31.2 Å². The molecule has 2 aromatic rings. The first-order chi connectivity index (χ1) is 20.5. The van der Waals surface area contributed by atoms with Gasteiger partial charge in [0.2, 0.25) is 36.9 Å². The van der Waals surface area contributed by atoms with Crippen molar-refractivity contribution < 1.29 is 42.7 Å². The van der Waals surface area contributed by atoms with Crippen LogP contribution in [0, 0.1) is 11.8 Å². The standard InChI is InChI=1S/C31H36N2O9/c1-36-19-14-21-20(39-15-40-21)12-17(19)23-25(30(34)32-8-4-5-9-32)24(26(23)31(35)33-10-6-7-11-33)18-13-22-28(42-16-41-22)29(38-3)27(18)37-2/h12-14,23-26H,4-11,15-16H2,1-3H3/t23?,24?,25-,26+. The molecule has 4 atom stereocenters. The summed E-state index contributed by atoms with van der Waals surface area (Å²) in [7, 11) is 4.71. The van der Waals surface area contributed by atoms with Crippen LogP contribution >= 0.6 is 0 Å². The molecular weight excluding hydrogens is 544 g/mol. The van der Waals surface area contributed by atoms with Crippen LogP contribution in [0.3, 0.4) is 0 Å². The lowest BCUT2D eigenvalue weighted by molar-refractivity contribution is -0.151. The predicted molar refractivity (Wildman–Crippen MR) is 149 cm³/mol. The molecule has 1 saturated carbocycles. The van der Waals surface area contributed by atoms with Crippen LogP contribution in [-0.2, 0) is 9.59 Å². The summed E-state index contributed by atoms with van der Waals surface area (Å²) in [5.41, 5.74) is 1.46. The zero-order valence-electron chi connectivity index (χ0n) is 24.2. The van der Waals surface area contributed by atoms with Crippen molar-refractivity contribution in [2.45, 2.75) is 37.5 Å². The number of amides is 2. The van der Waals surface area contributed by atoms with E-state index in [9.17, 15) is 9.59 Å². The fraction of sp³-hybridized carbons (Fsp3) is 0.548. The van der Waals surface area contributed by atoms with Crippen molar-refractivity contribution in [3.05, 3.63) is 29.3 Å². The molecule has 2 aromatic carbocycles. The van der Waals surface area contributed by atoms with Crippen molar-refractivity contribution in [2.75, 3.05) is 61.1 Å². The molecule has 2 unspecified atom stereocenters. The number of ether oxygens (including phenoxy) is 7. The van der Waals surface area contributed by atoms with Gasteiger partial charge in [0.25, 0.3) is 0 Å². The Balaban J connectivity index is 1.42. The minimum absolute atomic E-state index is 0.0198. The molecule has 11 heteroatoms. The van der Waals surface area contributed by atoms with E-state index in [1.165, 1.54) is 0 Å². The molecule has 4 heterocycles. The number of nitrogens with zero attached hydrogens (tertiary/aromatic N) is 2. The van der Waals surface area contributed by atoms with Gasteiger partial charge in [0.1, 0.15) is 5.75 Å². The van der Waals surface area contributed by atoms with Gasteiger partial charge in [-0.3, -0.25) is 9.59 Å². The Kier molecular flexibility index (Phi) is 6.82. The fourth-order valence-corrected chi connectivity index (χ4v) is 7.47. The minimum Gasteiger partial charge on any atom is -0.496 e.